The van der Waals surface area contributed by atoms with Crippen LogP contribution in [0.5, 0.6) is 0 Å². The van der Waals surface area contributed by atoms with E-state index in [2.05, 4.69) is 13.8 Å². The normalized spacial score (nSPS) is 24.2. The van der Waals surface area contributed by atoms with Crippen molar-refractivity contribution in [1.82, 2.24) is 0 Å². The third kappa shape index (κ3) is 2.76. The Bertz CT molecular complexity index is 128. The van der Waals surface area contributed by atoms with Crippen molar-refractivity contribution in [3.05, 3.63) is 0 Å². The lowest BCUT2D eigenvalue weighted by molar-refractivity contribution is -0.203. The Morgan fingerprint density at radius 2 is 2.00 bits per heavy atom. The van der Waals surface area contributed by atoms with E-state index in [-0.39, 0.29) is 0 Å². The van der Waals surface area contributed by atoms with E-state index in [0.717, 1.165) is 32.1 Å². The largest absolute Gasteiger partial charge is 0.365 e. The van der Waals surface area contributed by atoms with Crippen molar-refractivity contribution >= 4 is 0 Å². The molecule has 0 bridgehead atoms. The Morgan fingerprint density at radius 1 is 1.42 bits per heavy atom. The van der Waals surface area contributed by atoms with Gasteiger partial charge in [0.15, 0.2) is 5.79 Å². The predicted molar refractivity (Wildman–Crippen MR) is 48.8 cm³/mol. The number of hydrogen-bond donors (Lipinski definition) is 1. The maximum atomic E-state index is 9.81. The summed E-state index contributed by atoms with van der Waals surface area (Å²) in [6.45, 7) is 5.00. The molecule has 0 aromatic heterocycles. The van der Waals surface area contributed by atoms with Gasteiger partial charge >= 0.3 is 0 Å². The molecular weight excluding hydrogens is 152 g/mol. The van der Waals surface area contributed by atoms with Crippen molar-refractivity contribution in [1.29, 1.82) is 0 Å². The standard InChI is InChI=1S/C10H20O2/c1-3-9(2)8-12-10(11)6-4-5-7-10/h9,11H,3-8H2,1-2H3. The first-order valence-electron chi connectivity index (χ1n) is 5.02. The van der Waals surface area contributed by atoms with E-state index in [1.165, 1.54) is 0 Å². The minimum atomic E-state index is -0.774. The van der Waals surface area contributed by atoms with Crippen molar-refractivity contribution in [2.45, 2.75) is 51.7 Å². The fourth-order valence-electron chi connectivity index (χ4n) is 1.49. The molecule has 1 saturated carbocycles. The quantitative estimate of drug-likeness (QED) is 0.659. The number of ether oxygens (including phenoxy) is 1. The van der Waals surface area contributed by atoms with Gasteiger partial charge in [0.1, 0.15) is 0 Å². The Balaban J connectivity index is 2.21. The first-order chi connectivity index (χ1) is 5.66. The van der Waals surface area contributed by atoms with E-state index in [4.69, 9.17) is 4.74 Å². The highest BCUT2D eigenvalue weighted by atomic mass is 16.6. The second-order valence-electron chi connectivity index (χ2n) is 3.98. The van der Waals surface area contributed by atoms with Gasteiger partial charge in [0.25, 0.3) is 0 Å². The van der Waals surface area contributed by atoms with Gasteiger partial charge in [-0.05, 0) is 18.8 Å². The average Bonchev–Trinajstić information content (AvgIpc) is 2.49. The van der Waals surface area contributed by atoms with E-state index >= 15 is 0 Å². The summed E-state index contributed by atoms with van der Waals surface area (Å²) in [5.41, 5.74) is 0. The Labute approximate surface area is 74.9 Å². The van der Waals surface area contributed by atoms with Gasteiger partial charge in [-0.25, -0.2) is 0 Å². The number of aliphatic hydroxyl groups is 1. The molecule has 0 radical (unpaired) electrons. The maximum absolute atomic E-state index is 9.81. The first-order valence-corrected chi connectivity index (χ1v) is 5.02. The average molecular weight is 172 g/mol. The summed E-state index contributed by atoms with van der Waals surface area (Å²) < 4.78 is 5.50. The maximum Gasteiger partial charge on any atom is 0.165 e. The van der Waals surface area contributed by atoms with Crippen LogP contribution in [0.3, 0.4) is 0 Å². The van der Waals surface area contributed by atoms with E-state index in [9.17, 15) is 5.11 Å². The molecule has 1 aliphatic rings. The summed E-state index contributed by atoms with van der Waals surface area (Å²) >= 11 is 0. The molecule has 0 amide bonds. The lowest BCUT2D eigenvalue weighted by Crippen LogP contribution is -2.30. The molecule has 0 saturated heterocycles. The molecule has 1 fully saturated rings. The van der Waals surface area contributed by atoms with Crippen LogP contribution >= 0.6 is 0 Å². The lowest BCUT2D eigenvalue weighted by atomic mass is 10.1. The zero-order valence-corrected chi connectivity index (χ0v) is 8.18. The SMILES string of the molecule is CCC(C)COC1(O)CCCC1. The van der Waals surface area contributed by atoms with Gasteiger partial charge in [0.2, 0.25) is 0 Å². The minimum absolute atomic E-state index is 0.564. The van der Waals surface area contributed by atoms with Crippen LogP contribution in [0, 0.1) is 5.92 Å². The molecule has 2 heteroatoms. The van der Waals surface area contributed by atoms with Crippen molar-refractivity contribution in [3.63, 3.8) is 0 Å². The van der Waals surface area contributed by atoms with Gasteiger partial charge in [0, 0.05) is 12.8 Å². The summed E-state index contributed by atoms with van der Waals surface area (Å²) in [6, 6.07) is 0. The van der Waals surface area contributed by atoms with Crippen molar-refractivity contribution in [3.8, 4) is 0 Å². The molecular formula is C10H20O2. The lowest BCUT2D eigenvalue weighted by Gasteiger charge is -2.24. The number of hydrogen-bond acceptors (Lipinski definition) is 2. The third-order valence-electron chi connectivity index (χ3n) is 2.72. The van der Waals surface area contributed by atoms with Crippen molar-refractivity contribution < 1.29 is 9.84 Å². The molecule has 0 aromatic carbocycles. The Hall–Kier alpha value is -0.0800. The molecule has 1 atom stereocenters. The molecule has 1 N–H and O–H groups in total. The number of rotatable bonds is 4. The molecule has 0 aromatic rings. The van der Waals surface area contributed by atoms with E-state index < -0.39 is 5.79 Å². The van der Waals surface area contributed by atoms with Gasteiger partial charge in [-0.3, -0.25) is 0 Å². The predicted octanol–water partition coefficient (Wildman–Crippen LogP) is 2.31. The second-order valence-corrected chi connectivity index (χ2v) is 3.98. The van der Waals surface area contributed by atoms with Gasteiger partial charge in [-0.1, -0.05) is 20.3 Å². The highest BCUT2D eigenvalue weighted by Gasteiger charge is 2.31. The highest BCUT2D eigenvalue weighted by Crippen LogP contribution is 2.30. The molecule has 1 aliphatic carbocycles. The van der Waals surface area contributed by atoms with E-state index in [1.807, 2.05) is 0 Å². The molecule has 1 rings (SSSR count). The van der Waals surface area contributed by atoms with Crippen LogP contribution in [0.15, 0.2) is 0 Å². The summed E-state index contributed by atoms with van der Waals surface area (Å²) in [7, 11) is 0. The van der Waals surface area contributed by atoms with Crippen molar-refractivity contribution in [2.24, 2.45) is 5.92 Å². The van der Waals surface area contributed by atoms with Gasteiger partial charge in [-0.2, -0.15) is 0 Å². The fourth-order valence-corrected chi connectivity index (χ4v) is 1.49. The summed E-state index contributed by atoms with van der Waals surface area (Å²) in [5.74, 6) is -0.210. The van der Waals surface area contributed by atoms with Crippen LogP contribution in [0.1, 0.15) is 46.0 Å². The van der Waals surface area contributed by atoms with Crippen LogP contribution < -0.4 is 0 Å². The summed E-state index contributed by atoms with van der Waals surface area (Å²) in [6.07, 6.45) is 4.98. The highest BCUT2D eigenvalue weighted by molar-refractivity contribution is 4.74. The van der Waals surface area contributed by atoms with Crippen LogP contribution in [-0.2, 0) is 4.74 Å². The zero-order chi connectivity index (χ0) is 9.03. The smallest absolute Gasteiger partial charge is 0.165 e. The molecule has 0 spiro atoms. The van der Waals surface area contributed by atoms with E-state index in [1.54, 1.807) is 0 Å². The second kappa shape index (κ2) is 4.24. The van der Waals surface area contributed by atoms with Crippen LogP contribution in [0.2, 0.25) is 0 Å². The molecule has 1 unspecified atom stereocenters. The van der Waals surface area contributed by atoms with Gasteiger partial charge in [-0.15, -0.1) is 0 Å². The van der Waals surface area contributed by atoms with E-state index in [0.29, 0.717) is 12.5 Å². The van der Waals surface area contributed by atoms with Crippen LogP contribution in [0.4, 0.5) is 0 Å². The van der Waals surface area contributed by atoms with Crippen LogP contribution in [0.25, 0.3) is 0 Å². The zero-order valence-electron chi connectivity index (χ0n) is 8.18. The van der Waals surface area contributed by atoms with Gasteiger partial charge in [0.05, 0.1) is 6.61 Å². The molecule has 12 heavy (non-hydrogen) atoms. The molecule has 0 aliphatic heterocycles. The summed E-state index contributed by atoms with van der Waals surface area (Å²) in [5, 5.41) is 9.81. The molecule has 0 heterocycles. The monoisotopic (exact) mass is 172 g/mol. The fraction of sp³-hybridized carbons (Fsp3) is 1.00. The Morgan fingerprint density at radius 3 is 2.50 bits per heavy atom. The molecule has 72 valence electrons. The topological polar surface area (TPSA) is 29.5 Å². The minimum Gasteiger partial charge on any atom is -0.365 e. The third-order valence-corrected chi connectivity index (χ3v) is 2.72. The Kier molecular flexibility index (Phi) is 3.53. The summed E-state index contributed by atoms with van der Waals surface area (Å²) in [4.78, 5) is 0. The molecule has 2 nitrogen and oxygen atoms in total. The van der Waals surface area contributed by atoms with Crippen molar-refractivity contribution in [2.75, 3.05) is 6.61 Å². The van der Waals surface area contributed by atoms with Crippen LogP contribution in [-0.4, -0.2) is 17.5 Å². The van der Waals surface area contributed by atoms with Gasteiger partial charge < -0.3 is 9.84 Å². The first kappa shape index (κ1) is 10.0.